The molecule has 24 heavy (non-hydrogen) atoms. The van der Waals surface area contributed by atoms with Crippen molar-refractivity contribution in [3.05, 3.63) is 0 Å². The molecule has 0 aromatic rings. The topological polar surface area (TPSA) is 52.1 Å². The van der Waals surface area contributed by atoms with Crippen molar-refractivity contribution in [1.29, 1.82) is 0 Å². The highest BCUT2D eigenvalue weighted by molar-refractivity contribution is 14.0. The molecule has 6 nitrogen and oxygen atoms in total. The maximum Gasteiger partial charge on any atom is 0.191 e. The Labute approximate surface area is 163 Å². The number of rotatable bonds is 4. The molecule has 1 saturated carbocycles. The number of nitrogens with zero attached hydrogens (tertiary/aromatic N) is 3. The van der Waals surface area contributed by atoms with Crippen LogP contribution in [0.5, 0.6) is 0 Å². The normalized spacial score (nSPS) is 30.3. The number of hydrogen-bond acceptors (Lipinski definition) is 4. The molecule has 2 atom stereocenters. The average Bonchev–Trinajstić information content (AvgIpc) is 3.22. The van der Waals surface area contributed by atoms with E-state index in [2.05, 4.69) is 32.5 Å². The van der Waals surface area contributed by atoms with Gasteiger partial charge in [-0.15, -0.1) is 24.0 Å². The minimum absolute atomic E-state index is 0. The fourth-order valence-electron chi connectivity index (χ4n) is 4.09. The summed E-state index contributed by atoms with van der Waals surface area (Å²) in [5.41, 5.74) is 0. The lowest BCUT2D eigenvalue weighted by Crippen LogP contribution is -2.50. The molecule has 3 fully saturated rings. The molecule has 3 aliphatic rings. The highest BCUT2D eigenvalue weighted by Crippen LogP contribution is 2.26. The minimum Gasteiger partial charge on any atom is -0.374 e. The highest BCUT2D eigenvalue weighted by atomic mass is 127. The van der Waals surface area contributed by atoms with Crippen molar-refractivity contribution in [2.45, 2.75) is 50.3 Å². The smallest absolute Gasteiger partial charge is 0.191 e. The van der Waals surface area contributed by atoms with Crippen molar-refractivity contribution in [1.82, 2.24) is 20.4 Å². The largest absolute Gasteiger partial charge is 0.374 e. The lowest BCUT2D eigenvalue weighted by atomic mass is 10.2. The third-order valence-electron chi connectivity index (χ3n) is 5.46. The second kappa shape index (κ2) is 10.1. The van der Waals surface area contributed by atoms with Crippen LogP contribution < -0.4 is 10.6 Å². The Kier molecular flexibility index (Phi) is 8.53. The lowest BCUT2D eigenvalue weighted by Gasteiger charge is -2.30. The quantitative estimate of drug-likeness (QED) is 0.381. The van der Waals surface area contributed by atoms with E-state index in [-0.39, 0.29) is 30.1 Å². The number of likely N-dealkylation sites (tertiary alicyclic amines) is 1. The summed E-state index contributed by atoms with van der Waals surface area (Å²) in [5, 5.41) is 7.04. The third-order valence-corrected chi connectivity index (χ3v) is 5.46. The summed E-state index contributed by atoms with van der Waals surface area (Å²) in [6.45, 7) is 6.06. The van der Waals surface area contributed by atoms with E-state index in [1.807, 2.05) is 7.05 Å². The van der Waals surface area contributed by atoms with Crippen LogP contribution in [0.3, 0.4) is 0 Å². The Bertz CT molecular complexity index is 402. The molecule has 2 unspecified atom stereocenters. The van der Waals surface area contributed by atoms with Crippen molar-refractivity contribution in [3.63, 3.8) is 0 Å². The van der Waals surface area contributed by atoms with Crippen LogP contribution in [-0.4, -0.2) is 87.4 Å². The highest BCUT2D eigenvalue weighted by Gasteiger charge is 2.30. The number of halogens is 1. The fraction of sp³-hybridized carbons (Fsp3) is 0.941. The molecule has 7 heteroatoms. The van der Waals surface area contributed by atoms with E-state index in [1.165, 1.54) is 38.6 Å². The Hall–Kier alpha value is -0.120. The lowest BCUT2D eigenvalue weighted by molar-refractivity contribution is -0.0161. The Morgan fingerprint density at radius 1 is 1.17 bits per heavy atom. The Morgan fingerprint density at radius 2 is 1.96 bits per heavy atom. The minimum atomic E-state index is 0. The van der Waals surface area contributed by atoms with Gasteiger partial charge < -0.3 is 20.3 Å². The van der Waals surface area contributed by atoms with Crippen LogP contribution in [0.15, 0.2) is 4.99 Å². The number of ether oxygens (including phenoxy) is 1. The van der Waals surface area contributed by atoms with Gasteiger partial charge in [0.25, 0.3) is 0 Å². The van der Waals surface area contributed by atoms with Gasteiger partial charge in [0.15, 0.2) is 5.96 Å². The molecule has 0 aromatic heterocycles. The predicted octanol–water partition coefficient (Wildman–Crippen LogP) is 1.12. The van der Waals surface area contributed by atoms with Gasteiger partial charge in [-0.25, -0.2) is 0 Å². The standard InChI is InChI=1S/C17H33N5O.HI/c1-18-17(19-11-16-13-21(2)9-10-23-16)20-14-7-8-22(12-14)15-5-3-4-6-15;/h14-16H,3-13H2,1-2H3,(H2,18,19,20);1H. The van der Waals surface area contributed by atoms with E-state index in [0.29, 0.717) is 6.04 Å². The number of morpholine rings is 1. The van der Waals surface area contributed by atoms with E-state index >= 15 is 0 Å². The van der Waals surface area contributed by atoms with Crippen LogP contribution in [0, 0.1) is 0 Å². The average molecular weight is 451 g/mol. The van der Waals surface area contributed by atoms with Gasteiger partial charge in [-0.05, 0) is 26.3 Å². The van der Waals surface area contributed by atoms with Gasteiger partial charge >= 0.3 is 0 Å². The second-order valence-electron chi connectivity index (χ2n) is 7.27. The first-order valence-electron chi connectivity index (χ1n) is 9.26. The molecule has 3 rings (SSSR count). The number of nitrogens with one attached hydrogen (secondary N) is 2. The van der Waals surface area contributed by atoms with Gasteiger partial charge in [-0.2, -0.15) is 0 Å². The van der Waals surface area contributed by atoms with Crippen LogP contribution in [0.2, 0.25) is 0 Å². The zero-order chi connectivity index (χ0) is 16.1. The van der Waals surface area contributed by atoms with Crippen LogP contribution >= 0.6 is 24.0 Å². The van der Waals surface area contributed by atoms with Crippen molar-refractivity contribution in [2.75, 3.05) is 53.4 Å². The summed E-state index contributed by atoms with van der Waals surface area (Å²) >= 11 is 0. The summed E-state index contributed by atoms with van der Waals surface area (Å²) in [4.78, 5) is 9.38. The van der Waals surface area contributed by atoms with Gasteiger partial charge in [0, 0.05) is 51.9 Å². The van der Waals surface area contributed by atoms with Crippen molar-refractivity contribution in [2.24, 2.45) is 4.99 Å². The number of aliphatic imine (C=N–C) groups is 1. The SMILES string of the molecule is CN=C(NCC1CN(C)CCO1)NC1CCN(C2CCCC2)C1.I. The number of hydrogen-bond donors (Lipinski definition) is 2. The number of likely N-dealkylation sites (N-methyl/N-ethyl adjacent to an activating group) is 1. The first-order chi connectivity index (χ1) is 11.2. The van der Waals surface area contributed by atoms with E-state index in [9.17, 15) is 0 Å². The van der Waals surface area contributed by atoms with Gasteiger partial charge in [-0.1, -0.05) is 12.8 Å². The third kappa shape index (κ3) is 5.71. The van der Waals surface area contributed by atoms with Gasteiger partial charge in [0.2, 0.25) is 0 Å². The van der Waals surface area contributed by atoms with Gasteiger partial charge in [0.05, 0.1) is 12.7 Å². The zero-order valence-electron chi connectivity index (χ0n) is 15.2. The molecule has 2 saturated heterocycles. The molecule has 0 bridgehead atoms. The van der Waals surface area contributed by atoms with Crippen molar-refractivity contribution < 1.29 is 4.74 Å². The molecule has 0 aromatic carbocycles. The molecule has 2 aliphatic heterocycles. The van der Waals surface area contributed by atoms with Crippen LogP contribution in [0.4, 0.5) is 0 Å². The van der Waals surface area contributed by atoms with E-state index in [4.69, 9.17) is 4.74 Å². The summed E-state index contributed by atoms with van der Waals surface area (Å²) in [5.74, 6) is 0.917. The Morgan fingerprint density at radius 3 is 2.67 bits per heavy atom. The molecule has 0 amide bonds. The predicted molar refractivity (Wildman–Crippen MR) is 109 cm³/mol. The molecule has 0 radical (unpaired) electrons. The molecule has 2 N–H and O–H groups in total. The van der Waals surface area contributed by atoms with Crippen LogP contribution in [0.1, 0.15) is 32.1 Å². The maximum atomic E-state index is 5.80. The van der Waals surface area contributed by atoms with Gasteiger partial charge in [-0.3, -0.25) is 9.89 Å². The van der Waals surface area contributed by atoms with Crippen LogP contribution in [0.25, 0.3) is 0 Å². The second-order valence-corrected chi connectivity index (χ2v) is 7.27. The van der Waals surface area contributed by atoms with Crippen molar-refractivity contribution >= 4 is 29.9 Å². The van der Waals surface area contributed by atoms with Crippen LogP contribution in [-0.2, 0) is 4.74 Å². The zero-order valence-corrected chi connectivity index (χ0v) is 17.5. The van der Waals surface area contributed by atoms with E-state index in [1.54, 1.807) is 0 Å². The van der Waals surface area contributed by atoms with E-state index < -0.39 is 0 Å². The molecule has 0 spiro atoms. The van der Waals surface area contributed by atoms with Crippen molar-refractivity contribution in [3.8, 4) is 0 Å². The summed E-state index contributed by atoms with van der Waals surface area (Å²) in [7, 11) is 4.01. The summed E-state index contributed by atoms with van der Waals surface area (Å²) in [6, 6.07) is 1.36. The summed E-state index contributed by atoms with van der Waals surface area (Å²) < 4.78 is 5.80. The monoisotopic (exact) mass is 451 g/mol. The molecule has 2 heterocycles. The van der Waals surface area contributed by atoms with Gasteiger partial charge in [0.1, 0.15) is 0 Å². The fourth-order valence-corrected chi connectivity index (χ4v) is 4.09. The number of guanidine groups is 1. The molecule has 140 valence electrons. The molecule has 1 aliphatic carbocycles. The summed E-state index contributed by atoms with van der Waals surface area (Å²) in [6.07, 6.45) is 7.10. The van der Waals surface area contributed by atoms with E-state index in [0.717, 1.165) is 44.8 Å². The first-order valence-corrected chi connectivity index (χ1v) is 9.26. The first kappa shape index (κ1) is 20.2. The molecular weight excluding hydrogens is 417 g/mol. The maximum absolute atomic E-state index is 5.80. The molecular formula is C17H34IN5O. The Balaban J connectivity index is 0.00000208.